The molecule has 4 rings (SSSR count). The van der Waals surface area contributed by atoms with Crippen molar-refractivity contribution in [2.24, 2.45) is 5.92 Å². The van der Waals surface area contributed by atoms with Crippen LogP contribution in [0.4, 0.5) is 0 Å². The Bertz CT molecular complexity index is 730. The molecule has 1 fully saturated rings. The molecule has 2 aliphatic heterocycles. The first-order chi connectivity index (χ1) is 10.2. The molecular formula is C18H20N2O. The van der Waals surface area contributed by atoms with Gasteiger partial charge in [0.2, 0.25) is 0 Å². The monoisotopic (exact) mass is 280 g/mol. The van der Waals surface area contributed by atoms with Crippen LogP contribution in [0.3, 0.4) is 0 Å². The summed E-state index contributed by atoms with van der Waals surface area (Å²) in [5.41, 5.74) is 4.79. The summed E-state index contributed by atoms with van der Waals surface area (Å²) in [7, 11) is 0. The maximum atomic E-state index is 12.5. The number of rotatable bonds is 1. The van der Waals surface area contributed by atoms with Crippen molar-refractivity contribution < 1.29 is 0 Å². The molecule has 1 aromatic heterocycles. The molecule has 2 aliphatic rings. The number of pyridine rings is 1. The van der Waals surface area contributed by atoms with Gasteiger partial charge in [0.05, 0.1) is 0 Å². The first-order valence-corrected chi connectivity index (χ1v) is 7.73. The molecule has 1 aromatic carbocycles. The highest BCUT2D eigenvalue weighted by Crippen LogP contribution is 2.33. The molecule has 0 radical (unpaired) electrons. The number of aromatic nitrogens is 1. The Morgan fingerprint density at radius 2 is 1.90 bits per heavy atom. The van der Waals surface area contributed by atoms with Crippen molar-refractivity contribution in [2.75, 3.05) is 13.1 Å². The van der Waals surface area contributed by atoms with Crippen molar-refractivity contribution in [3.63, 3.8) is 0 Å². The van der Waals surface area contributed by atoms with Crippen LogP contribution in [-0.4, -0.2) is 17.7 Å². The van der Waals surface area contributed by atoms with Gasteiger partial charge in [0, 0.05) is 30.8 Å². The van der Waals surface area contributed by atoms with Gasteiger partial charge in [-0.2, -0.15) is 0 Å². The lowest BCUT2D eigenvalue weighted by atomic mass is 9.83. The number of benzene rings is 1. The van der Waals surface area contributed by atoms with Gasteiger partial charge < -0.3 is 9.88 Å². The van der Waals surface area contributed by atoms with E-state index < -0.39 is 0 Å². The second kappa shape index (κ2) is 4.85. The fraction of sp³-hybridized carbons (Fsp3) is 0.389. The predicted octanol–water partition coefficient (Wildman–Crippen LogP) is 2.53. The number of hydrogen-bond donors (Lipinski definition) is 1. The van der Waals surface area contributed by atoms with Crippen LogP contribution in [0, 0.1) is 12.8 Å². The van der Waals surface area contributed by atoms with Gasteiger partial charge in [-0.15, -0.1) is 0 Å². The second-order valence-electron chi connectivity index (χ2n) is 6.44. The molecule has 2 atom stereocenters. The summed E-state index contributed by atoms with van der Waals surface area (Å²) in [6, 6.07) is 12.4. The smallest absolute Gasteiger partial charge is 0.251 e. The van der Waals surface area contributed by atoms with Crippen molar-refractivity contribution in [2.45, 2.75) is 25.8 Å². The Labute approximate surface area is 124 Å². The lowest BCUT2D eigenvalue weighted by molar-refractivity contribution is 0.257. The molecule has 0 saturated carbocycles. The van der Waals surface area contributed by atoms with E-state index in [2.05, 4.69) is 42.6 Å². The van der Waals surface area contributed by atoms with E-state index in [1.807, 2.05) is 4.57 Å². The molecule has 0 aliphatic carbocycles. The maximum Gasteiger partial charge on any atom is 0.251 e. The maximum absolute atomic E-state index is 12.5. The number of hydrogen-bond acceptors (Lipinski definition) is 2. The third-order valence-electron chi connectivity index (χ3n) is 4.85. The van der Waals surface area contributed by atoms with Gasteiger partial charge in [-0.3, -0.25) is 4.79 Å². The van der Waals surface area contributed by atoms with Crippen molar-refractivity contribution in [3.05, 3.63) is 58.0 Å². The highest BCUT2D eigenvalue weighted by molar-refractivity contribution is 5.64. The summed E-state index contributed by atoms with van der Waals surface area (Å²) >= 11 is 0. The van der Waals surface area contributed by atoms with Crippen LogP contribution in [0.5, 0.6) is 0 Å². The van der Waals surface area contributed by atoms with E-state index in [1.165, 1.54) is 17.7 Å². The molecule has 0 spiro atoms. The van der Waals surface area contributed by atoms with Crippen molar-refractivity contribution >= 4 is 0 Å². The Hall–Kier alpha value is -1.87. The number of fused-ring (bicyclic) bond motifs is 4. The fourth-order valence-corrected chi connectivity index (χ4v) is 3.72. The van der Waals surface area contributed by atoms with E-state index in [4.69, 9.17) is 0 Å². The molecule has 3 heteroatoms. The van der Waals surface area contributed by atoms with Gasteiger partial charge in [-0.05, 0) is 43.0 Å². The first-order valence-electron chi connectivity index (χ1n) is 7.73. The Morgan fingerprint density at radius 1 is 1.10 bits per heavy atom. The average molecular weight is 280 g/mol. The quantitative estimate of drug-likeness (QED) is 0.871. The van der Waals surface area contributed by atoms with Crippen LogP contribution in [0.2, 0.25) is 0 Å². The van der Waals surface area contributed by atoms with E-state index in [9.17, 15) is 4.79 Å². The van der Waals surface area contributed by atoms with E-state index in [0.717, 1.165) is 30.8 Å². The molecule has 3 nitrogen and oxygen atoms in total. The Balaban J connectivity index is 1.83. The standard InChI is InChI=1S/C18H20N2O/c1-12-2-4-14(5-3-12)15-7-17-16-6-13(9-19-10-16)11-20(17)18(21)8-15/h2-5,7-8,13,16,19H,6,9-11H2,1H3/t13-,16+/m0/s1. The van der Waals surface area contributed by atoms with Gasteiger partial charge >= 0.3 is 0 Å². The van der Waals surface area contributed by atoms with Crippen LogP contribution in [0.25, 0.3) is 11.1 Å². The summed E-state index contributed by atoms with van der Waals surface area (Å²) < 4.78 is 2.00. The predicted molar refractivity (Wildman–Crippen MR) is 84.6 cm³/mol. The number of nitrogens with zero attached hydrogens (tertiary/aromatic N) is 1. The van der Waals surface area contributed by atoms with Crippen LogP contribution >= 0.6 is 0 Å². The summed E-state index contributed by atoms with van der Waals surface area (Å²) in [5, 5.41) is 3.50. The van der Waals surface area contributed by atoms with Crippen molar-refractivity contribution in [1.82, 2.24) is 9.88 Å². The van der Waals surface area contributed by atoms with Gasteiger partial charge in [0.25, 0.3) is 5.56 Å². The van der Waals surface area contributed by atoms with Crippen LogP contribution < -0.4 is 10.9 Å². The van der Waals surface area contributed by atoms with Crippen LogP contribution in [0.15, 0.2) is 41.2 Å². The second-order valence-corrected chi connectivity index (χ2v) is 6.44. The molecule has 21 heavy (non-hydrogen) atoms. The minimum Gasteiger partial charge on any atom is -0.316 e. The third-order valence-corrected chi connectivity index (χ3v) is 4.85. The molecule has 0 amide bonds. The van der Waals surface area contributed by atoms with E-state index >= 15 is 0 Å². The third kappa shape index (κ3) is 2.22. The normalized spacial score (nSPS) is 23.7. The zero-order valence-corrected chi connectivity index (χ0v) is 12.3. The van der Waals surface area contributed by atoms with E-state index in [-0.39, 0.29) is 5.56 Å². The van der Waals surface area contributed by atoms with Crippen molar-refractivity contribution in [3.8, 4) is 11.1 Å². The molecule has 1 N–H and O–H groups in total. The minimum atomic E-state index is 0.152. The molecule has 2 aromatic rings. The lowest BCUT2D eigenvalue weighted by Gasteiger charge is -2.37. The largest absolute Gasteiger partial charge is 0.316 e. The Kier molecular flexibility index (Phi) is 2.96. The lowest BCUT2D eigenvalue weighted by Crippen LogP contribution is -2.44. The summed E-state index contributed by atoms with van der Waals surface area (Å²) in [5.74, 6) is 1.09. The van der Waals surface area contributed by atoms with E-state index in [1.54, 1.807) is 6.07 Å². The molecule has 2 bridgehead atoms. The SMILES string of the molecule is Cc1ccc(-c2cc3n(c(=O)c2)C[C@@H]2CNC[C@H]3C2)cc1. The van der Waals surface area contributed by atoms with Gasteiger partial charge in [-0.1, -0.05) is 29.8 Å². The first kappa shape index (κ1) is 12.8. The molecule has 108 valence electrons. The summed E-state index contributed by atoms with van der Waals surface area (Å²) in [6.45, 7) is 4.99. The molecular weight excluding hydrogens is 260 g/mol. The molecule has 3 heterocycles. The summed E-state index contributed by atoms with van der Waals surface area (Å²) in [4.78, 5) is 12.5. The highest BCUT2D eigenvalue weighted by atomic mass is 16.1. The number of nitrogens with one attached hydrogen (secondary N) is 1. The zero-order chi connectivity index (χ0) is 14.4. The topological polar surface area (TPSA) is 34.0 Å². The Morgan fingerprint density at radius 3 is 2.71 bits per heavy atom. The van der Waals surface area contributed by atoms with E-state index in [0.29, 0.717) is 11.8 Å². The molecule has 1 saturated heterocycles. The van der Waals surface area contributed by atoms with Gasteiger partial charge in [0.15, 0.2) is 0 Å². The van der Waals surface area contributed by atoms with Crippen LogP contribution in [-0.2, 0) is 6.54 Å². The van der Waals surface area contributed by atoms with Gasteiger partial charge in [-0.25, -0.2) is 0 Å². The zero-order valence-electron chi connectivity index (χ0n) is 12.3. The average Bonchev–Trinajstić information content (AvgIpc) is 2.49. The fourth-order valence-electron chi connectivity index (χ4n) is 3.72. The number of aryl methyl sites for hydroxylation is 1. The number of piperidine rings is 1. The van der Waals surface area contributed by atoms with Crippen LogP contribution in [0.1, 0.15) is 23.6 Å². The van der Waals surface area contributed by atoms with Gasteiger partial charge in [0.1, 0.15) is 0 Å². The minimum absolute atomic E-state index is 0.152. The highest BCUT2D eigenvalue weighted by Gasteiger charge is 2.31. The summed E-state index contributed by atoms with van der Waals surface area (Å²) in [6.07, 6.45) is 1.21. The molecule has 0 unspecified atom stereocenters. The van der Waals surface area contributed by atoms with Crippen molar-refractivity contribution in [1.29, 1.82) is 0 Å².